The van der Waals surface area contributed by atoms with E-state index in [2.05, 4.69) is 11.0 Å². The summed E-state index contributed by atoms with van der Waals surface area (Å²) in [5.74, 6) is -1.45. The Balaban J connectivity index is 4.22. The number of carbonyl (C=O) groups excluding carboxylic acids is 2. The van der Waals surface area contributed by atoms with Crippen LogP contribution in [0.4, 0.5) is 0 Å². The predicted molar refractivity (Wildman–Crippen MR) is 137 cm³/mol. The summed E-state index contributed by atoms with van der Waals surface area (Å²) in [4.78, 5) is 33.3. The van der Waals surface area contributed by atoms with Crippen LogP contribution in [0.25, 0.3) is 0 Å². The van der Waals surface area contributed by atoms with E-state index < -0.39 is 29.5 Å². The van der Waals surface area contributed by atoms with Crippen molar-refractivity contribution in [2.45, 2.75) is 66.5 Å². The molecule has 212 valence electrons. The molecule has 0 aromatic rings. The Hall–Kier alpha value is -1.21. The summed E-state index contributed by atoms with van der Waals surface area (Å²) in [7, 11) is -5.45. The fraction of sp³-hybridized carbons (Fsp3) is 0.818. The van der Waals surface area contributed by atoms with Gasteiger partial charge in [0.05, 0.1) is 0 Å². The molecular weight excluding hydrogens is 508 g/mol. The SMILES string of the molecule is CCO[Si](CCCNOC(=O)/C=C\C(=O)ONCCC[Si](OCC)(OCC)OCC)(OCC)OCC. The van der Waals surface area contributed by atoms with Crippen molar-refractivity contribution in [3.63, 3.8) is 0 Å². The number of hydrogen-bond donors (Lipinski definition) is 2. The summed E-state index contributed by atoms with van der Waals surface area (Å²) >= 11 is 0. The fourth-order valence-electron chi connectivity index (χ4n) is 3.21. The van der Waals surface area contributed by atoms with E-state index in [9.17, 15) is 9.59 Å². The minimum atomic E-state index is -2.73. The molecule has 0 saturated heterocycles. The lowest BCUT2D eigenvalue weighted by molar-refractivity contribution is -0.147. The van der Waals surface area contributed by atoms with Crippen molar-refractivity contribution in [2.24, 2.45) is 0 Å². The van der Waals surface area contributed by atoms with E-state index >= 15 is 0 Å². The van der Waals surface area contributed by atoms with Crippen molar-refractivity contribution in [2.75, 3.05) is 52.7 Å². The predicted octanol–water partition coefficient (Wildman–Crippen LogP) is 2.52. The first-order valence-electron chi connectivity index (χ1n) is 12.7. The first-order valence-corrected chi connectivity index (χ1v) is 16.6. The van der Waals surface area contributed by atoms with Gasteiger partial charge in [0.25, 0.3) is 0 Å². The van der Waals surface area contributed by atoms with Gasteiger partial charge in [0, 0.05) is 77.0 Å². The van der Waals surface area contributed by atoms with E-state index in [0.717, 1.165) is 12.2 Å². The Morgan fingerprint density at radius 2 is 0.833 bits per heavy atom. The number of nitrogens with one attached hydrogen (secondary N) is 2. The maximum atomic E-state index is 11.8. The average molecular weight is 555 g/mol. The molecule has 0 unspecified atom stereocenters. The van der Waals surface area contributed by atoms with Crippen LogP contribution in [0, 0.1) is 0 Å². The van der Waals surface area contributed by atoms with Crippen LogP contribution in [-0.2, 0) is 45.8 Å². The van der Waals surface area contributed by atoms with Crippen LogP contribution < -0.4 is 11.0 Å². The topological polar surface area (TPSA) is 132 Å². The summed E-state index contributed by atoms with van der Waals surface area (Å²) in [6.07, 6.45) is 3.20. The molecule has 0 amide bonds. The maximum Gasteiger partial charge on any atom is 0.500 e. The van der Waals surface area contributed by atoms with Gasteiger partial charge in [-0.3, -0.25) is 0 Å². The van der Waals surface area contributed by atoms with Crippen molar-refractivity contribution in [1.29, 1.82) is 0 Å². The molecular formula is C22H46N2O10Si2. The summed E-state index contributed by atoms with van der Waals surface area (Å²) in [5.41, 5.74) is 5.14. The Kier molecular flexibility index (Phi) is 21.1. The molecule has 12 nitrogen and oxygen atoms in total. The van der Waals surface area contributed by atoms with E-state index in [-0.39, 0.29) is 0 Å². The molecule has 36 heavy (non-hydrogen) atoms. The standard InChI is InChI=1S/C22H46N2O10Si2/c1-7-27-35(28-8-2,29-9-3)19-13-17-23-33-21(25)15-16-22(26)34-24-18-14-20-36(30-10-4,31-11-5)32-12-6/h15-16,23-24H,7-14,17-20H2,1-6H3/b16-15-. The minimum absolute atomic E-state index is 0.379. The third-order valence-corrected chi connectivity index (χ3v) is 10.7. The highest BCUT2D eigenvalue weighted by Crippen LogP contribution is 2.18. The zero-order valence-corrected chi connectivity index (χ0v) is 24.7. The van der Waals surface area contributed by atoms with Gasteiger partial charge in [-0.05, 0) is 54.4 Å². The van der Waals surface area contributed by atoms with Crippen LogP contribution in [0.1, 0.15) is 54.4 Å². The normalized spacial score (nSPS) is 12.3. The van der Waals surface area contributed by atoms with Crippen molar-refractivity contribution in [1.82, 2.24) is 11.0 Å². The second-order valence-electron chi connectivity index (χ2n) is 7.14. The van der Waals surface area contributed by atoms with E-state index in [1.54, 1.807) is 0 Å². The lowest BCUT2D eigenvalue weighted by Gasteiger charge is -2.28. The quantitative estimate of drug-likeness (QED) is 0.0786. The van der Waals surface area contributed by atoms with Gasteiger partial charge < -0.3 is 36.2 Å². The molecule has 14 heteroatoms. The number of carbonyl (C=O) groups is 2. The molecule has 0 aromatic carbocycles. The highest BCUT2D eigenvalue weighted by atomic mass is 28.4. The first-order chi connectivity index (χ1) is 17.4. The molecule has 0 radical (unpaired) electrons. The van der Waals surface area contributed by atoms with Crippen molar-refractivity contribution >= 4 is 29.5 Å². The molecule has 0 spiro atoms. The summed E-state index contributed by atoms with van der Waals surface area (Å²) < 4.78 is 34.6. The molecule has 0 aliphatic heterocycles. The van der Waals surface area contributed by atoms with Gasteiger partial charge in [-0.15, -0.1) is 0 Å². The molecule has 0 rings (SSSR count). The van der Waals surface area contributed by atoms with Gasteiger partial charge in [0.1, 0.15) is 0 Å². The van der Waals surface area contributed by atoms with Gasteiger partial charge in [0.2, 0.25) is 0 Å². The first kappa shape index (κ1) is 34.8. The molecule has 0 aliphatic rings. The largest absolute Gasteiger partial charge is 0.500 e. The molecule has 0 saturated carbocycles. The third kappa shape index (κ3) is 15.8. The van der Waals surface area contributed by atoms with Gasteiger partial charge in [0.15, 0.2) is 0 Å². The van der Waals surface area contributed by atoms with E-state index in [1.807, 2.05) is 41.5 Å². The van der Waals surface area contributed by atoms with Crippen LogP contribution in [0.5, 0.6) is 0 Å². The lowest BCUT2D eigenvalue weighted by Crippen LogP contribution is -2.46. The summed E-state index contributed by atoms with van der Waals surface area (Å²) in [6.45, 7) is 15.1. The summed E-state index contributed by atoms with van der Waals surface area (Å²) in [5, 5.41) is 0. The minimum Gasteiger partial charge on any atom is -0.374 e. The number of hydrogen-bond acceptors (Lipinski definition) is 12. The van der Waals surface area contributed by atoms with E-state index in [4.69, 9.17) is 36.2 Å². The maximum absolute atomic E-state index is 11.8. The smallest absolute Gasteiger partial charge is 0.374 e. The highest BCUT2D eigenvalue weighted by Gasteiger charge is 2.40. The Morgan fingerprint density at radius 1 is 0.556 bits per heavy atom. The molecule has 2 N–H and O–H groups in total. The van der Waals surface area contributed by atoms with Crippen LogP contribution in [0.15, 0.2) is 12.2 Å². The second kappa shape index (κ2) is 21.8. The van der Waals surface area contributed by atoms with E-state index in [0.29, 0.717) is 77.7 Å². The zero-order chi connectivity index (χ0) is 27.1. The Morgan fingerprint density at radius 3 is 1.08 bits per heavy atom. The monoisotopic (exact) mass is 554 g/mol. The Labute approximate surface area is 217 Å². The zero-order valence-electron chi connectivity index (χ0n) is 22.7. The van der Waals surface area contributed by atoms with Crippen molar-refractivity contribution in [3.8, 4) is 0 Å². The second-order valence-corrected chi connectivity index (χ2v) is 12.6. The van der Waals surface area contributed by atoms with Gasteiger partial charge in [-0.25, -0.2) is 9.59 Å². The van der Waals surface area contributed by atoms with Crippen molar-refractivity contribution < 1.29 is 45.8 Å². The van der Waals surface area contributed by atoms with E-state index in [1.165, 1.54) is 0 Å². The number of hydroxylamine groups is 2. The van der Waals surface area contributed by atoms with Crippen LogP contribution in [-0.4, -0.2) is 82.3 Å². The van der Waals surface area contributed by atoms with Crippen LogP contribution in [0.3, 0.4) is 0 Å². The summed E-state index contributed by atoms with van der Waals surface area (Å²) in [6, 6.07) is 1.18. The third-order valence-electron chi connectivity index (χ3n) is 4.41. The molecule has 0 aromatic heterocycles. The van der Waals surface area contributed by atoms with Crippen LogP contribution >= 0.6 is 0 Å². The molecule has 0 atom stereocenters. The van der Waals surface area contributed by atoms with Gasteiger partial charge in [-0.2, -0.15) is 11.0 Å². The average Bonchev–Trinajstić information content (AvgIpc) is 2.83. The molecule has 0 heterocycles. The molecule has 0 bridgehead atoms. The highest BCUT2D eigenvalue weighted by molar-refractivity contribution is 6.61. The lowest BCUT2D eigenvalue weighted by atomic mass is 10.5. The van der Waals surface area contributed by atoms with Crippen molar-refractivity contribution in [3.05, 3.63) is 12.2 Å². The van der Waals surface area contributed by atoms with Gasteiger partial charge >= 0.3 is 29.5 Å². The van der Waals surface area contributed by atoms with Crippen LogP contribution in [0.2, 0.25) is 12.1 Å². The van der Waals surface area contributed by atoms with Gasteiger partial charge in [-0.1, -0.05) is 0 Å². The number of rotatable bonds is 24. The molecule has 0 fully saturated rings. The Bertz CT molecular complexity index is 529. The molecule has 0 aliphatic carbocycles. The fourth-order valence-corrected chi connectivity index (χ4v) is 8.43.